The molecule has 1 nitrogen and oxygen atoms in total. The standard InChI is InChI=1S/C12H16IN.ClH/c13-11-8-4-3-7-10(11)12(14)9-5-1-2-6-9;/h3-4,7-9,12H,1-2,5-6,14H2;1H/t12-;/m1./s1. The van der Waals surface area contributed by atoms with Crippen molar-refractivity contribution in [3.8, 4) is 0 Å². The third-order valence-corrected chi connectivity index (χ3v) is 4.15. The van der Waals surface area contributed by atoms with E-state index < -0.39 is 0 Å². The molecule has 3 heteroatoms. The van der Waals surface area contributed by atoms with Gasteiger partial charge in [-0.05, 0) is 53.0 Å². The van der Waals surface area contributed by atoms with Gasteiger partial charge in [0, 0.05) is 9.61 Å². The van der Waals surface area contributed by atoms with E-state index in [1.165, 1.54) is 34.8 Å². The van der Waals surface area contributed by atoms with Crippen molar-refractivity contribution in [3.63, 3.8) is 0 Å². The zero-order chi connectivity index (χ0) is 9.97. The van der Waals surface area contributed by atoms with Gasteiger partial charge < -0.3 is 5.73 Å². The van der Waals surface area contributed by atoms with Crippen LogP contribution in [0, 0.1) is 9.49 Å². The van der Waals surface area contributed by atoms with Gasteiger partial charge in [-0.2, -0.15) is 0 Å². The van der Waals surface area contributed by atoms with Crippen LogP contribution in [0.1, 0.15) is 37.3 Å². The Bertz CT molecular complexity index is 310. The van der Waals surface area contributed by atoms with Gasteiger partial charge in [0.15, 0.2) is 0 Å². The SMILES string of the molecule is Cl.N[C@@H](c1ccccc1I)C1CCCC1. The molecule has 1 aliphatic carbocycles. The lowest BCUT2D eigenvalue weighted by atomic mass is 9.93. The predicted octanol–water partition coefficient (Wildman–Crippen LogP) is 3.90. The number of benzene rings is 1. The number of nitrogens with two attached hydrogens (primary N) is 1. The molecule has 0 aromatic heterocycles. The van der Waals surface area contributed by atoms with Crippen LogP contribution in [0.5, 0.6) is 0 Å². The van der Waals surface area contributed by atoms with Gasteiger partial charge >= 0.3 is 0 Å². The lowest BCUT2D eigenvalue weighted by molar-refractivity contribution is 0.443. The van der Waals surface area contributed by atoms with Crippen LogP contribution < -0.4 is 5.73 Å². The molecule has 0 heterocycles. The second-order valence-electron chi connectivity index (χ2n) is 4.09. The van der Waals surface area contributed by atoms with Gasteiger partial charge in [-0.15, -0.1) is 12.4 Å². The summed E-state index contributed by atoms with van der Waals surface area (Å²) in [6.45, 7) is 0. The first-order valence-electron chi connectivity index (χ1n) is 5.29. The first-order chi connectivity index (χ1) is 6.79. The highest BCUT2D eigenvalue weighted by Gasteiger charge is 2.24. The van der Waals surface area contributed by atoms with Crippen molar-refractivity contribution in [1.82, 2.24) is 0 Å². The molecule has 1 aromatic carbocycles. The highest BCUT2D eigenvalue weighted by atomic mass is 127. The van der Waals surface area contributed by atoms with Crippen molar-refractivity contribution in [2.24, 2.45) is 11.7 Å². The van der Waals surface area contributed by atoms with E-state index in [1.807, 2.05) is 0 Å². The summed E-state index contributed by atoms with van der Waals surface area (Å²) in [6.07, 6.45) is 5.35. The zero-order valence-electron chi connectivity index (χ0n) is 8.66. The second kappa shape index (κ2) is 6.06. The normalized spacial score (nSPS) is 18.5. The van der Waals surface area contributed by atoms with Crippen molar-refractivity contribution >= 4 is 35.0 Å². The maximum Gasteiger partial charge on any atom is 0.0334 e. The molecule has 0 bridgehead atoms. The molecule has 0 unspecified atom stereocenters. The molecule has 0 radical (unpaired) electrons. The molecule has 1 saturated carbocycles. The highest BCUT2D eigenvalue weighted by Crippen LogP contribution is 2.35. The first kappa shape index (κ1) is 13.3. The van der Waals surface area contributed by atoms with E-state index in [0.717, 1.165) is 0 Å². The summed E-state index contributed by atoms with van der Waals surface area (Å²) >= 11 is 2.38. The first-order valence-corrected chi connectivity index (χ1v) is 6.37. The van der Waals surface area contributed by atoms with Gasteiger partial charge in [0.05, 0.1) is 0 Å². The van der Waals surface area contributed by atoms with Crippen molar-refractivity contribution in [3.05, 3.63) is 33.4 Å². The Labute approximate surface area is 111 Å². The molecule has 1 aliphatic rings. The van der Waals surface area contributed by atoms with Gasteiger partial charge in [0.2, 0.25) is 0 Å². The van der Waals surface area contributed by atoms with Crippen LogP contribution in [0.4, 0.5) is 0 Å². The minimum absolute atomic E-state index is 0. The monoisotopic (exact) mass is 337 g/mol. The van der Waals surface area contributed by atoms with Crippen molar-refractivity contribution < 1.29 is 0 Å². The van der Waals surface area contributed by atoms with E-state index in [9.17, 15) is 0 Å². The lowest BCUT2D eigenvalue weighted by Gasteiger charge is -2.20. The van der Waals surface area contributed by atoms with Crippen molar-refractivity contribution in [2.45, 2.75) is 31.7 Å². The van der Waals surface area contributed by atoms with Crippen LogP contribution in [0.15, 0.2) is 24.3 Å². The van der Waals surface area contributed by atoms with E-state index in [2.05, 4.69) is 46.9 Å². The number of halogens is 2. The summed E-state index contributed by atoms with van der Waals surface area (Å²) in [5.74, 6) is 0.714. The summed E-state index contributed by atoms with van der Waals surface area (Å²) in [4.78, 5) is 0. The van der Waals surface area contributed by atoms with Gasteiger partial charge in [-0.1, -0.05) is 31.0 Å². The quantitative estimate of drug-likeness (QED) is 0.814. The maximum absolute atomic E-state index is 6.30. The fraction of sp³-hybridized carbons (Fsp3) is 0.500. The summed E-state index contributed by atoms with van der Waals surface area (Å²) in [5.41, 5.74) is 7.63. The van der Waals surface area contributed by atoms with E-state index in [-0.39, 0.29) is 18.4 Å². The number of hydrogen-bond donors (Lipinski definition) is 1. The molecule has 0 amide bonds. The van der Waals surface area contributed by atoms with Crippen LogP contribution in [0.3, 0.4) is 0 Å². The van der Waals surface area contributed by atoms with Crippen LogP contribution in [-0.4, -0.2) is 0 Å². The smallest absolute Gasteiger partial charge is 0.0334 e. The molecule has 0 spiro atoms. The molecular formula is C12H17ClIN. The molecule has 1 fully saturated rings. The Morgan fingerprint density at radius 2 is 1.80 bits per heavy atom. The average Bonchev–Trinajstić information content (AvgIpc) is 2.70. The third-order valence-electron chi connectivity index (χ3n) is 3.17. The van der Waals surface area contributed by atoms with Crippen LogP contribution in [-0.2, 0) is 0 Å². The predicted molar refractivity (Wildman–Crippen MR) is 75.3 cm³/mol. The summed E-state index contributed by atoms with van der Waals surface area (Å²) in [5, 5.41) is 0. The molecule has 15 heavy (non-hydrogen) atoms. The van der Waals surface area contributed by atoms with Gasteiger partial charge in [-0.3, -0.25) is 0 Å². The lowest BCUT2D eigenvalue weighted by Crippen LogP contribution is -2.20. The van der Waals surface area contributed by atoms with Gasteiger partial charge in [0.1, 0.15) is 0 Å². The Morgan fingerprint density at radius 1 is 1.20 bits per heavy atom. The maximum atomic E-state index is 6.30. The molecule has 1 atom stereocenters. The summed E-state index contributed by atoms with van der Waals surface area (Å²) in [7, 11) is 0. The van der Waals surface area contributed by atoms with E-state index in [4.69, 9.17) is 5.73 Å². The second-order valence-corrected chi connectivity index (χ2v) is 5.25. The number of hydrogen-bond acceptors (Lipinski definition) is 1. The van der Waals surface area contributed by atoms with Crippen LogP contribution in [0.2, 0.25) is 0 Å². The largest absolute Gasteiger partial charge is 0.324 e. The molecule has 0 aliphatic heterocycles. The third kappa shape index (κ3) is 3.08. The molecule has 2 rings (SSSR count). The Balaban J connectivity index is 0.00000112. The minimum atomic E-state index is 0. The Hall–Kier alpha value is 0.200. The molecule has 84 valence electrons. The Morgan fingerprint density at radius 3 is 2.40 bits per heavy atom. The summed E-state index contributed by atoms with van der Waals surface area (Å²) < 4.78 is 1.31. The van der Waals surface area contributed by atoms with Gasteiger partial charge in [0.25, 0.3) is 0 Å². The minimum Gasteiger partial charge on any atom is -0.324 e. The van der Waals surface area contributed by atoms with Crippen molar-refractivity contribution in [2.75, 3.05) is 0 Å². The van der Waals surface area contributed by atoms with Crippen LogP contribution >= 0.6 is 35.0 Å². The van der Waals surface area contributed by atoms with E-state index >= 15 is 0 Å². The molecule has 2 N–H and O–H groups in total. The van der Waals surface area contributed by atoms with Gasteiger partial charge in [-0.25, -0.2) is 0 Å². The molecular weight excluding hydrogens is 320 g/mol. The highest BCUT2D eigenvalue weighted by molar-refractivity contribution is 14.1. The zero-order valence-corrected chi connectivity index (χ0v) is 11.6. The molecule has 0 saturated heterocycles. The fourth-order valence-corrected chi connectivity index (χ4v) is 3.06. The number of rotatable bonds is 2. The van der Waals surface area contributed by atoms with Crippen molar-refractivity contribution in [1.29, 1.82) is 0 Å². The van der Waals surface area contributed by atoms with Crippen LogP contribution in [0.25, 0.3) is 0 Å². The topological polar surface area (TPSA) is 26.0 Å². The molecule has 1 aromatic rings. The fourth-order valence-electron chi connectivity index (χ4n) is 2.32. The average molecular weight is 338 g/mol. The van der Waals surface area contributed by atoms with E-state index in [1.54, 1.807) is 0 Å². The summed E-state index contributed by atoms with van der Waals surface area (Å²) in [6, 6.07) is 8.74. The van der Waals surface area contributed by atoms with E-state index in [0.29, 0.717) is 5.92 Å². The Kier molecular flexibility index (Phi) is 5.36.